The maximum absolute atomic E-state index is 12.0. The quantitative estimate of drug-likeness (QED) is 0.643. The number of rotatable bonds is 7. The molecule has 0 saturated carbocycles. The minimum Gasteiger partial charge on any atom is -0.391 e. The second kappa shape index (κ2) is 6.84. The molecule has 1 aromatic carbocycles. The van der Waals surface area contributed by atoms with Crippen molar-refractivity contribution in [2.24, 2.45) is 5.92 Å². The van der Waals surface area contributed by atoms with Crippen LogP contribution in [0.25, 0.3) is 0 Å². The van der Waals surface area contributed by atoms with Gasteiger partial charge in [0.15, 0.2) is 0 Å². The summed E-state index contributed by atoms with van der Waals surface area (Å²) in [7, 11) is -6.11. The molecule has 21 heavy (non-hydrogen) atoms. The molecule has 0 aliphatic rings. The average Bonchev–Trinajstić information content (AvgIpc) is 2.44. The fourth-order valence-electron chi connectivity index (χ4n) is 1.43. The van der Waals surface area contributed by atoms with Gasteiger partial charge in [-0.1, -0.05) is 13.8 Å². The van der Waals surface area contributed by atoms with Gasteiger partial charge < -0.3 is 5.11 Å². The monoisotopic (exact) mass is 336 g/mol. The van der Waals surface area contributed by atoms with E-state index in [0.717, 1.165) is 0 Å². The maximum atomic E-state index is 12.0. The van der Waals surface area contributed by atoms with Crippen LogP contribution in [0, 0.1) is 5.92 Å². The molecule has 0 aromatic heterocycles. The Labute approximate surface area is 125 Å². The van der Waals surface area contributed by atoms with E-state index >= 15 is 0 Å². The molecule has 3 N–H and O–H groups in total. The summed E-state index contributed by atoms with van der Waals surface area (Å²) in [6.45, 7) is 3.45. The van der Waals surface area contributed by atoms with Crippen molar-refractivity contribution >= 4 is 20.0 Å². The van der Waals surface area contributed by atoms with E-state index in [1.165, 1.54) is 31.3 Å². The zero-order chi connectivity index (χ0) is 16.3. The number of benzene rings is 1. The van der Waals surface area contributed by atoms with Crippen molar-refractivity contribution in [3.63, 3.8) is 0 Å². The van der Waals surface area contributed by atoms with Crippen LogP contribution >= 0.6 is 0 Å². The van der Waals surface area contributed by atoms with Crippen LogP contribution in [-0.2, 0) is 20.0 Å². The molecule has 120 valence electrons. The minimum absolute atomic E-state index is 0.0221. The summed E-state index contributed by atoms with van der Waals surface area (Å²) in [5, 5.41) is 9.60. The van der Waals surface area contributed by atoms with E-state index in [2.05, 4.69) is 9.44 Å². The highest BCUT2D eigenvalue weighted by molar-refractivity contribution is 7.90. The standard InChI is InChI=1S/C12H20N2O5S2/c1-9(2)12(15)8-14-21(18,19)11-6-4-10(5-7-11)20(16,17)13-3/h4-7,9,12-15H,8H2,1-3H3. The minimum atomic E-state index is -3.78. The first kappa shape index (κ1) is 18.1. The number of hydrogen-bond donors (Lipinski definition) is 3. The molecule has 0 aliphatic heterocycles. The average molecular weight is 336 g/mol. The Balaban J connectivity index is 2.91. The Bertz CT molecular complexity index is 666. The van der Waals surface area contributed by atoms with Gasteiger partial charge in [0.25, 0.3) is 0 Å². The van der Waals surface area contributed by atoms with Gasteiger partial charge >= 0.3 is 0 Å². The van der Waals surface area contributed by atoms with Crippen molar-refractivity contribution < 1.29 is 21.9 Å². The molecule has 0 bridgehead atoms. The molecule has 0 spiro atoms. The SMILES string of the molecule is CNS(=O)(=O)c1ccc(S(=O)(=O)NCC(O)C(C)C)cc1. The van der Waals surface area contributed by atoms with Gasteiger partial charge in [0.2, 0.25) is 20.0 Å². The third-order valence-corrected chi connectivity index (χ3v) is 5.83. The highest BCUT2D eigenvalue weighted by Crippen LogP contribution is 2.14. The molecule has 1 rings (SSSR count). The van der Waals surface area contributed by atoms with E-state index in [-0.39, 0.29) is 22.3 Å². The molecule has 1 aromatic rings. The predicted octanol–water partition coefficient (Wildman–Crippen LogP) is -0.110. The van der Waals surface area contributed by atoms with Gasteiger partial charge in [-0.15, -0.1) is 0 Å². The van der Waals surface area contributed by atoms with Crippen molar-refractivity contribution in [2.75, 3.05) is 13.6 Å². The first-order chi connectivity index (χ1) is 9.60. The number of aliphatic hydroxyl groups is 1. The van der Waals surface area contributed by atoms with E-state index in [9.17, 15) is 21.9 Å². The molecular formula is C12H20N2O5S2. The van der Waals surface area contributed by atoms with E-state index in [4.69, 9.17) is 0 Å². The van der Waals surface area contributed by atoms with Crippen LogP contribution in [0.2, 0.25) is 0 Å². The van der Waals surface area contributed by atoms with Crippen molar-refractivity contribution in [3.05, 3.63) is 24.3 Å². The van der Waals surface area contributed by atoms with Gasteiger partial charge in [0, 0.05) is 6.54 Å². The molecule has 0 aliphatic carbocycles. The van der Waals surface area contributed by atoms with Gasteiger partial charge in [-0.25, -0.2) is 26.3 Å². The molecule has 0 heterocycles. The lowest BCUT2D eigenvalue weighted by molar-refractivity contribution is 0.129. The van der Waals surface area contributed by atoms with Crippen LogP contribution in [0.4, 0.5) is 0 Å². The van der Waals surface area contributed by atoms with Crippen LogP contribution in [0.3, 0.4) is 0 Å². The summed E-state index contributed by atoms with van der Waals surface area (Å²) in [6.07, 6.45) is -0.788. The van der Waals surface area contributed by atoms with Crippen LogP contribution < -0.4 is 9.44 Å². The first-order valence-corrected chi connectivity index (χ1v) is 9.28. The Hall–Kier alpha value is -1.00. The molecule has 0 radical (unpaired) electrons. The highest BCUT2D eigenvalue weighted by atomic mass is 32.2. The Morgan fingerprint density at radius 3 is 1.81 bits per heavy atom. The zero-order valence-electron chi connectivity index (χ0n) is 12.1. The summed E-state index contributed by atoms with van der Waals surface area (Å²) >= 11 is 0. The molecule has 9 heteroatoms. The highest BCUT2D eigenvalue weighted by Gasteiger charge is 2.19. The van der Waals surface area contributed by atoms with Gasteiger partial charge in [-0.3, -0.25) is 0 Å². The zero-order valence-corrected chi connectivity index (χ0v) is 13.7. The molecular weight excluding hydrogens is 316 g/mol. The van der Waals surface area contributed by atoms with Gasteiger partial charge in [-0.2, -0.15) is 0 Å². The number of sulfonamides is 2. The molecule has 1 atom stereocenters. The predicted molar refractivity (Wildman–Crippen MR) is 78.7 cm³/mol. The smallest absolute Gasteiger partial charge is 0.240 e. The molecule has 0 amide bonds. The largest absolute Gasteiger partial charge is 0.391 e. The second-order valence-electron chi connectivity index (χ2n) is 4.84. The fraction of sp³-hybridized carbons (Fsp3) is 0.500. The second-order valence-corrected chi connectivity index (χ2v) is 8.50. The molecule has 0 saturated heterocycles. The molecule has 0 fully saturated rings. The van der Waals surface area contributed by atoms with E-state index in [0.29, 0.717) is 0 Å². The van der Waals surface area contributed by atoms with Crippen molar-refractivity contribution in [1.29, 1.82) is 0 Å². The molecule has 1 unspecified atom stereocenters. The summed E-state index contributed by atoms with van der Waals surface area (Å²) in [5.41, 5.74) is 0. The third kappa shape index (κ3) is 4.75. The normalized spacial score (nSPS) is 14.3. The molecule has 7 nitrogen and oxygen atoms in total. The van der Waals surface area contributed by atoms with E-state index in [1.54, 1.807) is 13.8 Å². The van der Waals surface area contributed by atoms with Crippen molar-refractivity contribution in [3.8, 4) is 0 Å². The van der Waals surface area contributed by atoms with E-state index in [1.807, 2.05) is 0 Å². The number of aliphatic hydroxyl groups excluding tert-OH is 1. The Kier molecular flexibility index (Phi) is 5.88. The summed E-state index contributed by atoms with van der Waals surface area (Å²) in [6, 6.07) is 4.82. The number of hydrogen-bond acceptors (Lipinski definition) is 5. The lowest BCUT2D eigenvalue weighted by Crippen LogP contribution is -2.34. The maximum Gasteiger partial charge on any atom is 0.240 e. The van der Waals surface area contributed by atoms with Gasteiger partial charge in [0.1, 0.15) is 0 Å². The topological polar surface area (TPSA) is 113 Å². The lowest BCUT2D eigenvalue weighted by Gasteiger charge is -2.15. The van der Waals surface area contributed by atoms with E-state index < -0.39 is 26.2 Å². The first-order valence-electron chi connectivity index (χ1n) is 6.31. The van der Waals surface area contributed by atoms with Crippen LogP contribution in [0.5, 0.6) is 0 Å². The summed E-state index contributed by atoms with van der Waals surface area (Å²) in [4.78, 5) is -0.0836. The number of nitrogens with one attached hydrogen (secondary N) is 2. The fourth-order valence-corrected chi connectivity index (χ4v) is 3.21. The van der Waals surface area contributed by atoms with Crippen molar-refractivity contribution in [1.82, 2.24) is 9.44 Å². The van der Waals surface area contributed by atoms with Crippen LogP contribution in [0.1, 0.15) is 13.8 Å². The van der Waals surface area contributed by atoms with Gasteiger partial charge in [0.05, 0.1) is 15.9 Å². The van der Waals surface area contributed by atoms with Crippen molar-refractivity contribution in [2.45, 2.75) is 29.7 Å². The van der Waals surface area contributed by atoms with Gasteiger partial charge in [-0.05, 0) is 37.2 Å². The van der Waals surface area contributed by atoms with Crippen LogP contribution in [-0.4, -0.2) is 41.6 Å². The lowest BCUT2D eigenvalue weighted by atomic mass is 10.1. The Morgan fingerprint density at radius 1 is 1.00 bits per heavy atom. The summed E-state index contributed by atoms with van der Waals surface area (Å²) < 4.78 is 51.5. The van der Waals surface area contributed by atoms with Crippen LogP contribution in [0.15, 0.2) is 34.1 Å². The third-order valence-electron chi connectivity index (χ3n) is 2.97. The summed E-state index contributed by atoms with van der Waals surface area (Å²) in [5.74, 6) is -0.0733. The Morgan fingerprint density at radius 2 is 1.43 bits per heavy atom.